The Balaban J connectivity index is 1.90. The van der Waals surface area contributed by atoms with Crippen LogP contribution in [0.15, 0.2) is 42.6 Å². The zero-order valence-corrected chi connectivity index (χ0v) is 12.1. The van der Waals surface area contributed by atoms with Crippen LogP contribution in [0.5, 0.6) is 0 Å². The average Bonchev–Trinajstić information content (AvgIpc) is 3.24. The Hall–Kier alpha value is -1.89. The number of hydrogen-bond acceptors (Lipinski definition) is 4. The molecule has 1 unspecified atom stereocenters. The van der Waals surface area contributed by atoms with Crippen molar-refractivity contribution in [2.45, 2.75) is 11.6 Å². The molecule has 0 bridgehead atoms. The minimum Gasteiger partial charge on any atom is -0.359 e. The summed E-state index contributed by atoms with van der Waals surface area (Å²) in [6.45, 7) is 0.613. The average molecular weight is 306 g/mol. The van der Waals surface area contributed by atoms with Crippen LogP contribution in [0.4, 0.5) is 8.78 Å². The first-order valence-electron chi connectivity index (χ1n) is 6.89. The molecule has 3 rings (SSSR count). The van der Waals surface area contributed by atoms with E-state index in [2.05, 4.69) is 10.3 Å². The van der Waals surface area contributed by atoms with Crippen molar-refractivity contribution in [3.63, 3.8) is 0 Å². The highest BCUT2D eigenvalue weighted by Gasteiger charge is 2.56. The van der Waals surface area contributed by atoms with Crippen LogP contribution in [0.3, 0.4) is 0 Å². The molecule has 1 saturated heterocycles. The van der Waals surface area contributed by atoms with Crippen molar-refractivity contribution in [3.8, 4) is 0 Å². The molecular weight excluding hydrogens is 290 g/mol. The molecule has 116 valence electrons. The molecule has 2 aromatic rings. The Labute approximate surface area is 127 Å². The molecule has 0 spiro atoms. The minimum atomic E-state index is -0.540. The molecule has 1 N–H and O–H groups in total. The molecule has 0 amide bonds. The summed E-state index contributed by atoms with van der Waals surface area (Å²) in [5.41, 5.74) is 1.15. The number of nitrogens with one attached hydrogen (secondary N) is 1. The van der Waals surface area contributed by atoms with Crippen LogP contribution in [-0.2, 0) is 15.0 Å². The smallest absolute Gasteiger partial charge is 0.212 e. The molecule has 1 aliphatic heterocycles. The lowest BCUT2D eigenvalue weighted by Gasteiger charge is -2.16. The van der Waals surface area contributed by atoms with Crippen molar-refractivity contribution < 1.29 is 18.3 Å². The fraction of sp³-hybridized carbons (Fsp3) is 0.312. The van der Waals surface area contributed by atoms with E-state index in [1.165, 1.54) is 24.4 Å². The number of methoxy groups -OCH3 is 1. The Morgan fingerprint density at radius 2 is 1.86 bits per heavy atom. The highest BCUT2D eigenvalue weighted by Crippen LogP contribution is 2.44. The first-order valence-corrected chi connectivity index (χ1v) is 6.89. The summed E-state index contributed by atoms with van der Waals surface area (Å²) in [4.78, 5) is 3.71. The molecular formula is C16H16F2N2O2. The topological polar surface area (TPSA) is 53.3 Å². The summed E-state index contributed by atoms with van der Waals surface area (Å²) in [7, 11) is 1.55. The maximum Gasteiger partial charge on any atom is 0.212 e. The normalized spacial score (nSPS) is 23.5. The monoisotopic (exact) mass is 306 g/mol. The largest absolute Gasteiger partial charge is 0.359 e. The van der Waals surface area contributed by atoms with E-state index in [0.717, 1.165) is 11.1 Å². The lowest BCUT2D eigenvalue weighted by molar-refractivity contribution is -0.0305. The highest BCUT2D eigenvalue weighted by molar-refractivity contribution is 5.46. The van der Waals surface area contributed by atoms with E-state index in [1.54, 1.807) is 25.3 Å². The van der Waals surface area contributed by atoms with Gasteiger partial charge in [-0.05, 0) is 29.3 Å². The number of aromatic nitrogens is 1. The summed E-state index contributed by atoms with van der Waals surface area (Å²) in [5, 5.41) is 3.35. The van der Waals surface area contributed by atoms with Crippen LogP contribution in [0.25, 0.3) is 0 Å². The van der Waals surface area contributed by atoms with E-state index >= 15 is 0 Å². The maximum atomic E-state index is 13.2. The van der Waals surface area contributed by atoms with E-state index in [-0.39, 0.29) is 18.7 Å². The standard InChI is InChI=1S/C16H16F2N2O2/c1-21-10-22-9-14-16(20-14,11-2-5-13(17)6-3-11)12-4-7-15(18)19-8-12/h2-8,14,20H,9-10H2,1H3/t14-,16?/m0/s1. The molecule has 1 aromatic carbocycles. The number of rotatable bonds is 6. The van der Waals surface area contributed by atoms with Gasteiger partial charge >= 0.3 is 0 Å². The van der Waals surface area contributed by atoms with Gasteiger partial charge in [0.25, 0.3) is 0 Å². The summed E-state index contributed by atoms with van der Waals surface area (Å²) >= 11 is 0. The van der Waals surface area contributed by atoms with E-state index in [9.17, 15) is 8.78 Å². The van der Waals surface area contributed by atoms with Crippen LogP contribution >= 0.6 is 0 Å². The second-order valence-corrected chi connectivity index (χ2v) is 5.16. The van der Waals surface area contributed by atoms with Gasteiger partial charge < -0.3 is 9.47 Å². The van der Waals surface area contributed by atoms with Crippen LogP contribution in [0, 0.1) is 11.8 Å². The van der Waals surface area contributed by atoms with Gasteiger partial charge in [0.1, 0.15) is 12.6 Å². The van der Waals surface area contributed by atoms with Gasteiger partial charge in [-0.2, -0.15) is 4.39 Å². The number of benzene rings is 1. The zero-order valence-electron chi connectivity index (χ0n) is 12.1. The Bertz CT molecular complexity index is 586. The molecule has 6 heteroatoms. The van der Waals surface area contributed by atoms with Gasteiger partial charge in [-0.25, -0.2) is 9.37 Å². The van der Waals surface area contributed by atoms with Crippen molar-refractivity contribution >= 4 is 0 Å². The molecule has 0 radical (unpaired) electrons. The first kappa shape index (κ1) is 15.0. The fourth-order valence-electron chi connectivity index (χ4n) is 2.71. The number of nitrogens with zero attached hydrogens (tertiary/aromatic N) is 1. The van der Waals surface area contributed by atoms with E-state index in [0.29, 0.717) is 6.61 Å². The van der Waals surface area contributed by atoms with Gasteiger partial charge in [-0.3, -0.25) is 5.32 Å². The number of pyridine rings is 1. The number of hydrogen-bond donors (Lipinski definition) is 1. The molecule has 22 heavy (non-hydrogen) atoms. The van der Waals surface area contributed by atoms with Gasteiger partial charge in [0, 0.05) is 13.3 Å². The van der Waals surface area contributed by atoms with Gasteiger partial charge in [0.2, 0.25) is 5.95 Å². The quantitative estimate of drug-likeness (QED) is 0.385. The van der Waals surface area contributed by atoms with Gasteiger partial charge in [-0.15, -0.1) is 0 Å². The summed E-state index contributed by atoms with van der Waals surface area (Å²) in [6.07, 6.45) is 1.49. The van der Waals surface area contributed by atoms with Crippen molar-refractivity contribution in [1.82, 2.24) is 10.3 Å². The van der Waals surface area contributed by atoms with Crippen LogP contribution in [0.1, 0.15) is 11.1 Å². The summed E-state index contributed by atoms with van der Waals surface area (Å²) in [6, 6.07) is 9.20. The highest BCUT2D eigenvalue weighted by atomic mass is 19.1. The van der Waals surface area contributed by atoms with Crippen LogP contribution < -0.4 is 5.32 Å². The fourth-order valence-corrected chi connectivity index (χ4v) is 2.71. The molecule has 0 aliphatic carbocycles. The second kappa shape index (κ2) is 6.08. The minimum absolute atomic E-state index is 0.0135. The van der Waals surface area contributed by atoms with Crippen LogP contribution in [-0.4, -0.2) is 31.5 Å². The number of halogens is 2. The third-order valence-electron chi connectivity index (χ3n) is 3.81. The van der Waals surface area contributed by atoms with Crippen LogP contribution in [0.2, 0.25) is 0 Å². The molecule has 4 nitrogen and oxygen atoms in total. The Kier molecular flexibility index (Phi) is 4.15. The first-order chi connectivity index (χ1) is 10.7. The molecule has 1 fully saturated rings. The van der Waals surface area contributed by atoms with E-state index < -0.39 is 11.5 Å². The maximum absolute atomic E-state index is 13.2. The third kappa shape index (κ3) is 2.72. The van der Waals surface area contributed by atoms with Gasteiger partial charge in [0.15, 0.2) is 0 Å². The van der Waals surface area contributed by atoms with Gasteiger partial charge in [0.05, 0.1) is 18.2 Å². The lowest BCUT2D eigenvalue weighted by atomic mass is 9.88. The van der Waals surface area contributed by atoms with Crippen molar-refractivity contribution in [1.29, 1.82) is 0 Å². The predicted octanol–water partition coefficient (Wildman–Crippen LogP) is 2.20. The molecule has 0 saturated carbocycles. The Morgan fingerprint density at radius 3 is 2.50 bits per heavy atom. The summed E-state index contributed by atoms with van der Waals surface area (Å²) in [5.74, 6) is -0.838. The van der Waals surface area contributed by atoms with Crippen molar-refractivity contribution in [2.75, 3.05) is 20.5 Å². The Morgan fingerprint density at radius 1 is 1.14 bits per heavy atom. The summed E-state index contributed by atoms with van der Waals surface area (Å²) < 4.78 is 36.5. The van der Waals surface area contributed by atoms with Gasteiger partial charge in [-0.1, -0.05) is 18.2 Å². The molecule has 1 aliphatic rings. The van der Waals surface area contributed by atoms with Crippen molar-refractivity contribution in [2.24, 2.45) is 0 Å². The molecule has 2 heterocycles. The molecule has 1 aromatic heterocycles. The van der Waals surface area contributed by atoms with E-state index in [1.807, 2.05) is 0 Å². The van der Waals surface area contributed by atoms with E-state index in [4.69, 9.17) is 9.47 Å². The van der Waals surface area contributed by atoms with Crippen molar-refractivity contribution in [3.05, 3.63) is 65.5 Å². The number of ether oxygens (including phenoxy) is 2. The molecule has 2 atom stereocenters. The predicted molar refractivity (Wildman–Crippen MR) is 76.1 cm³/mol. The lowest BCUT2D eigenvalue weighted by Crippen LogP contribution is -2.19. The SMILES string of the molecule is COCOC[C@@H]1NC1(c1ccc(F)cc1)c1ccc(F)nc1. The second-order valence-electron chi connectivity index (χ2n) is 5.16. The third-order valence-corrected chi connectivity index (χ3v) is 3.81. The zero-order chi connectivity index (χ0) is 15.6.